The van der Waals surface area contributed by atoms with Gasteiger partial charge in [-0.15, -0.1) is 0 Å². The number of aliphatic carboxylic acids is 1. The van der Waals surface area contributed by atoms with Gasteiger partial charge in [0.2, 0.25) is 0 Å². The molecule has 0 radical (unpaired) electrons. The minimum atomic E-state index is -0.968. The molecule has 0 bridgehead atoms. The van der Waals surface area contributed by atoms with Crippen LogP contribution >= 0.6 is 0 Å². The third-order valence-electron chi connectivity index (χ3n) is 2.57. The lowest BCUT2D eigenvalue weighted by molar-refractivity contribution is -0.135. The van der Waals surface area contributed by atoms with Crippen LogP contribution in [0.5, 0.6) is 0 Å². The van der Waals surface area contributed by atoms with Crippen LogP contribution in [-0.2, 0) is 4.79 Å². The fraction of sp³-hybridized carbons (Fsp3) is 0.538. The van der Waals surface area contributed by atoms with Crippen molar-refractivity contribution >= 4 is 12.3 Å². The van der Waals surface area contributed by atoms with E-state index >= 15 is 0 Å². The molecule has 0 amide bonds. The van der Waals surface area contributed by atoms with E-state index in [4.69, 9.17) is 10.8 Å². The van der Waals surface area contributed by atoms with Crippen molar-refractivity contribution in [2.75, 3.05) is 6.54 Å². The van der Waals surface area contributed by atoms with Crippen LogP contribution in [0.4, 0.5) is 0 Å². The van der Waals surface area contributed by atoms with Gasteiger partial charge in [0.1, 0.15) is 0 Å². The highest BCUT2D eigenvalue weighted by Gasteiger charge is 2.06. The number of carbonyl (C=O) groups is 2. The SMILES string of the molecule is NC1CCCCC1.NCC(=O)O.O=Cc1ccc[nH]1. The van der Waals surface area contributed by atoms with E-state index in [1.54, 1.807) is 18.3 Å². The average Bonchev–Trinajstić information content (AvgIpc) is 2.94. The summed E-state index contributed by atoms with van der Waals surface area (Å²) >= 11 is 0. The van der Waals surface area contributed by atoms with E-state index in [0.29, 0.717) is 11.7 Å². The molecule has 0 saturated heterocycles. The van der Waals surface area contributed by atoms with E-state index in [1.165, 1.54) is 32.1 Å². The van der Waals surface area contributed by atoms with Gasteiger partial charge in [-0.2, -0.15) is 0 Å². The van der Waals surface area contributed by atoms with Crippen LogP contribution in [0.2, 0.25) is 0 Å². The highest BCUT2D eigenvalue weighted by molar-refractivity contribution is 5.71. The number of aromatic amines is 1. The zero-order valence-corrected chi connectivity index (χ0v) is 11.0. The summed E-state index contributed by atoms with van der Waals surface area (Å²) in [7, 11) is 0. The Kier molecular flexibility index (Phi) is 10.4. The highest BCUT2D eigenvalue weighted by Crippen LogP contribution is 2.14. The Labute approximate surface area is 113 Å². The van der Waals surface area contributed by atoms with Gasteiger partial charge in [-0.1, -0.05) is 19.3 Å². The maximum Gasteiger partial charge on any atom is 0.317 e. The number of hydrogen-bond acceptors (Lipinski definition) is 4. The Bertz CT molecular complexity index is 333. The van der Waals surface area contributed by atoms with E-state index in [2.05, 4.69) is 10.7 Å². The Morgan fingerprint density at radius 3 is 2.21 bits per heavy atom. The molecule has 0 unspecified atom stereocenters. The first-order valence-electron chi connectivity index (χ1n) is 6.36. The first kappa shape index (κ1) is 17.3. The fourth-order valence-corrected chi connectivity index (χ4v) is 1.55. The summed E-state index contributed by atoms with van der Waals surface area (Å²) in [5, 5.41) is 7.60. The molecule has 6 nitrogen and oxygen atoms in total. The molecule has 108 valence electrons. The van der Waals surface area contributed by atoms with Gasteiger partial charge in [0.15, 0.2) is 6.29 Å². The zero-order chi connectivity index (χ0) is 14.5. The third-order valence-corrected chi connectivity index (χ3v) is 2.57. The van der Waals surface area contributed by atoms with Crippen molar-refractivity contribution < 1.29 is 14.7 Å². The number of nitrogens with two attached hydrogens (primary N) is 2. The van der Waals surface area contributed by atoms with Crippen molar-refractivity contribution in [2.24, 2.45) is 11.5 Å². The van der Waals surface area contributed by atoms with Crippen molar-refractivity contribution in [2.45, 2.75) is 38.1 Å². The van der Waals surface area contributed by atoms with Gasteiger partial charge in [-0.3, -0.25) is 9.59 Å². The minimum Gasteiger partial charge on any atom is -0.480 e. The summed E-state index contributed by atoms with van der Waals surface area (Å²) < 4.78 is 0. The van der Waals surface area contributed by atoms with Gasteiger partial charge in [0, 0.05) is 12.2 Å². The first-order chi connectivity index (χ1) is 9.10. The van der Waals surface area contributed by atoms with E-state index in [1.807, 2.05) is 0 Å². The maximum absolute atomic E-state index is 9.84. The number of aromatic nitrogens is 1. The average molecular weight is 269 g/mol. The molecule has 0 aliphatic heterocycles. The second-order valence-corrected chi connectivity index (χ2v) is 4.24. The molecule has 0 aromatic carbocycles. The van der Waals surface area contributed by atoms with Crippen LogP contribution < -0.4 is 11.5 Å². The van der Waals surface area contributed by atoms with Crippen molar-refractivity contribution in [1.82, 2.24) is 4.98 Å². The van der Waals surface area contributed by atoms with Gasteiger partial charge in [-0.25, -0.2) is 0 Å². The minimum absolute atomic E-state index is 0.278. The summed E-state index contributed by atoms with van der Waals surface area (Å²) in [5.41, 5.74) is 10.8. The molecular formula is C13H23N3O3. The summed E-state index contributed by atoms with van der Waals surface area (Å²) in [6.07, 6.45) is 9.15. The predicted molar refractivity (Wildman–Crippen MR) is 73.9 cm³/mol. The largest absolute Gasteiger partial charge is 0.480 e. The lowest BCUT2D eigenvalue weighted by Crippen LogP contribution is -2.22. The number of carbonyl (C=O) groups excluding carboxylic acids is 1. The number of carboxylic acids is 1. The van der Waals surface area contributed by atoms with Crippen LogP contribution in [0.3, 0.4) is 0 Å². The van der Waals surface area contributed by atoms with Gasteiger partial charge in [0.25, 0.3) is 0 Å². The molecule has 6 N–H and O–H groups in total. The molecule has 1 saturated carbocycles. The molecule has 1 fully saturated rings. The predicted octanol–water partition coefficient (Wildman–Crippen LogP) is 1.13. The van der Waals surface area contributed by atoms with Crippen molar-refractivity contribution in [1.29, 1.82) is 0 Å². The molecule has 1 heterocycles. The number of aldehydes is 1. The van der Waals surface area contributed by atoms with E-state index in [9.17, 15) is 9.59 Å². The lowest BCUT2D eigenvalue weighted by Gasteiger charge is -2.15. The zero-order valence-electron chi connectivity index (χ0n) is 11.0. The molecule has 1 aromatic rings. The smallest absolute Gasteiger partial charge is 0.317 e. The van der Waals surface area contributed by atoms with Crippen LogP contribution in [-0.4, -0.2) is 34.9 Å². The lowest BCUT2D eigenvalue weighted by atomic mass is 9.97. The molecule has 1 aliphatic rings. The summed E-state index contributed by atoms with van der Waals surface area (Å²) in [5.74, 6) is -0.968. The molecule has 1 aromatic heterocycles. The Morgan fingerprint density at radius 1 is 1.42 bits per heavy atom. The number of hydrogen-bond donors (Lipinski definition) is 4. The molecular weight excluding hydrogens is 246 g/mol. The Hall–Kier alpha value is -1.66. The number of carboxylic acid groups (broad SMARTS) is 1. The standard InChI is InChI=1S/C6H13N.C5H5NO.C2H5NO2/c7-6-4-2-1-3-5-6;7-4-5-2-1-3-6-5;3-1-2(4)5/h6H,1-5,7H2;1-4,6H;1,3H2,(H,4,5). The van der Waals surface area contributed by atoms with Crippen molar-refractivity contribution in [3.8, 4) is 0 Å². The second kappa shape index (κ2) is 11.4. The summed E-state index contributed by atoms with van der Waals surface area (Å²) in [6.45, 7) is -0.278. The molecule has 2 rings (SSSR count). The summed E-state index contributed by atoms with van der Waals surface area (Å²) in [6, 6.07) is 4.03. The van der Waals surface area contributed by atoms with E-state index in [-0.39, 0.29) is 6.54 Å². The quantitative estimate of drug-likeness (QED) is 0.599. The molecule has 0 atom stereocenters. The fourth-order valence-electron chi connectivity index (χ4n) is 1.55. The van der Waals surface area contributed by atoms with Crippen LogP contribution in [0.15, 0.2) is 18.3 Å². The molecule has 1 aliphatic carbocycles. The van der Waals surface area contributed by atoms with Crippen LogP contribution in [0, 0.1) is 0 Å². The van der Waals surface area contributed by atoms with Gasteiger partial charge < -0.3 is 21.6 Å². The molecule has 6 heteroatoms. The number of rotatable bonds is 2. The molecule has 0 spiro atoms. The maximum atomic E-state index is 9.84. The normalized spacial score (nSPS) is 14.4. The van der Waals surface area contributed by atoms with Crippen molar-refractivity contribution in [3.63, 3.8) is 0 Å². The van der Waals surface area contributed by atoms with E-state index < -0.39 is 5.97 Å². The van der Waals surface area contributed by atoms with Gasteiger partial charge >= 0.3 is 5.97 Å². The number of nitrogens with one attached hydrogen (secondary N) is 1. The van der Waals surface area contributed by atoms with E-state index in [0.717, 1.165) is 6.29 Å². The first-order valence-corrected chi connectivity index (χ1v) is 6.36. The van der Waals surface area contributed by atoms with Crippen molar-refractivity contribution in [3.05, 3.63) is 24.0 Å². The topological polar surface area (TPSA) is 122 Å². The van der Waals surface area contributed by atoms with Crippen LogP contribution in [0.1, 0.15) is 42.6 Å². The van der Waals surface area contributed by atoms with Gasteiger partial charge in [-0.05, 0) is 25.0 Å². The van der Waals surface area contributed by atoms with Crippen LogP contribution in [0.25, 0.3) is 0 Å². The van der Waals surface area contributed by atoms with Gasteiger partial charge in [0.05, 0.1) is 12.2 Å². The summed E-state index contributed by atoms with van der Waals surface area (Å²) in [4.78, 5) is 21.8. The molecule has 19 heavy (non-hydrogen) atoms. The Balaban J connectivity index is 0.000000261. The number of H-pyrrole nitrogens is 1. The monoisotopic (exact) mass is 269 g/mol. The third kappa shape index (κ3) is 11.2. The Morgan fingerprint density at radius 2 is 2.00 bits per heavy atom. The highest BCUT2D eigenvalue weighted by atomic mass is 16.4. The second-order valence-electron chi connectivity index (χ2n) is 4.24.